The van der Waals surface area contributed by atoms with Crippen LogP contribution in [0.15, 0.2) is 95.9 Å². The van der Waals surface area contributed by atoms with Crippen LogP contribution < -0.4 is 5.32 Å². The van der Waals surface area contributed by atoms with E-state index in [1.54, 1.807) is 0 Å². The van der Waals surface area contributed by atoms with Gasteiger partial charge in [-0.3, -0.25) is 4.79 Å². The highest BCUT2D eigenvalue weighted by atomic mass is 32.2. The third-order valence-corrected chi connectivity index (χ3v) is 7.07. The quantitative estimate of drug-likeness (QED) is 0.195. The van der Waals surface area contributed by atoms with E-state index in [0.717, 1.165) is 30.3 Å². The van der Waals surface area contributed by atoms with Crippen molar-refractivity contribution in [2.75, 3.05) is 17.7 Å². The number of halogens is 6. The summed E-state index contributed by atoms with van der Waals surface area (Å²) in [6, 6.07) is 13.4. The topological polar surface area (TPSA) is 83.5 Å². The molecule has 0 aliphatic heterocycles. The molecule has 0 fully saturated rings. The SMILES string of the molecule is O=C(C=CC=C(c1ccc(C(F)(F)F)cc1)c1ccc(C(F)(F)F)cc1)Nc1cccc(S(=O)(=O)CCO)c1. The number of hydrogen-bond donors (Lipinski definition) is 2. The van der Waals surface area contributed by atoms with Crippen LogP contribution in [-0.4, -0.2) is 31.8 Å². The number of hydrogen-bond acceptors (Lipinski definition) is 4. The number of amides is 1. The van der Waals surface area contributed by atoms with E-state index in [2.05, 4.69) is 5.32 Å². The van der Waals surface area contributed by atoms with Gasteiger partial charge >= 0.3 is 12.4 Å². The minimum absolute atomic E-state index is 0.106. The minimum atomic E-state index is -4.58. The number of aliphatic hydroxyl groups excluding tert-OH is 1. The summed E-state index contributed by atoms with van der Waals surface area (Å²) in [6.07, 6.45) is -5.49. The molecule has 0 spiro atoms. The van der Waals surface area contributed by atoms with Crippen molar-refractivity contribution in [2.45, 2.75) is 17.2 Å². The van der Waals surface area contributed by atoms with Crippen LogP contribution in [0, 0.1) is 0 Å². The second kappa shape index (κ2) is 11.9. The number of alkyl halides is 6. The summed E-state index contributed by atoms with van der Waals surface area (Å²) in [5, 5.41) is 11.4. The van der Waals surface area contributed by atoms with Gasteiger partial charge in [0.15, 0.2) is 9.84 Å². The Morgan fingerprint density at radius 2 is 1.33 bits per heavy atom. The number of rotatable bonds is 8. The first-order valence-corrected chi connectivity index (χ1v) is 12.8. The van der Waals surface area contributed by atoms with Gasteiger partial charge < -0.3 is 10.4 Å². The van der Waals surface area contributed by atoms with Gasteiger partial charge in [-0.1, -0.05) is 42.5 Å². The van der Waals surface area contributed by atoms with Crippen LogP contribution in [-0.2, 0) is 27.0 Å². The van der Waals surface area contributed by atoms with E-state index in [0.29, 0.717) is 0 Å². The Bertz CT molecular complexity index is 1410. The lowest BCUT2D eigenvalue weighted by Gasteiger charge is -2.12. The number of aliphatic hydroxyl groups is 1. The Labute approximate surface area is 220 Å². The van der Waals surface area contributed by atoms with Crippen molar-refractivity contribution in [1.29, 1.82) is 0 Å². The van der Waals surface area contributed by atoms with Gasteiger partial charge in [0.1, 0.15) is 0 Å². The molecule has 3 aromatic rings. The van der Waals surface area contributed by atoms with Crippen LogP contribution in [0.5, 0.6) is 0 Å². The summed E-state index contributed by atoms with van der Waals surface area (Å²) in [5.41, 5.74) is -0.895. The molecule has 0 radical (unpaired) electrons. The molecule has 5 nitrogen and oxygen atoms in total. The Balaban J connectivity index is 1.89. The van der Waals surface area contributed by atoms with Crippen molar-refractivity contribution in [2.24, 2.45) is 0 Å². The largest absolute Gasteiger partial charge is 0.416 e. The number of anilines is 1. The van der Waals surface area contributed by atoms with Gasteiger partial charge in [-0.2, -0.15) is 26.3 Å². The molecular weight excluding hydrogens is 548 g/mol. The molecular formula is C27H21F6NO4S. The van der Waals surface area contributed by atoms with Gasteiger partial charge in [0.05, 0.1) is 28.4 Å². The number of carbonyl (C=O) groups is 1. The third-order valence-electron chi connectivity index (χ3n) is 5.38. The van der Waals surface area contributed by atoms with E-state index < -0.39 is 51.6 Å². The van der Waals surface area contributed by atoms with Crippen LogP contribution in [0.1, 0.15) is 22.3 Å². The fourth-order valence-electron chi connectivity index (χ4n) is 3.46. The average Bonchev–Trinajstić information content (AvgIpc) is 2.86. The van der Waals surface area contributed by atoms with E-state index in [1.165, 1.54) is 60.7 Å². The molecule has 0 heterocycles. The number of nitrogens with one attached hydrogen (secondary N) is 1. The molecule has 0 saturated heterocycles. The maximum Gasteiger partial charge on any atom is 0.416 e. The van der Waals surface area contributed by atoms with E-state index in [9.17, 15) is 39.6 Å². The van der Waals surface area contributed by atoms with E-state index in [-0.39, 0.29) is 27.3 Å². The molecule has 1 amide bonds. The maximum atomic E-state index is 13.0. The second-order valence-electron chi connectivity index (χ2n) is 8.15. The predicted octanol–water partition coefficient (Wildman–Crippen LogP) is 6.12. The summed E-state index contributed by atoms with van der Waals surface area (Å²) in [7, 11) is -3.75. The number of benzene rings is 3. The first-order chi connectivity index (χ1) is 18.2. The van der Waals surface area contributed by atoms with E-state index in [1.807, 2.05) is 0 Å². The zero-order valence-corrected chi connectivity index (χ0v) is 20.7. The molecule has 0 atom stereocenters. The highest BCUT2D eigenvalue weighted by molar-refractivity contribution is 7.91. The molecule has 0 aliphatic rings. The summed E-state index contributed by atoms with van der Waals surface area (Å²) >= 11 is 0. The van der Waals surface area contributed by atoms with Crippen molar-refractivity contribution in [3.05, 3.63) is 113 Å². The van der Waals surface area contributed by atoms with Crippen molar-refractivity contribution in [3.63, 3.8) is 0 Å². The van der Waals surface area contributed by atoms with Gasteiger partial charge in [0.25, 0.3) is 0 Å². The van der Waals surface area contributed by atoms with Gasteiger partial charge in [0, 0.05) is 11.8 Å². The lowest BCUT2D eigenvalue weighted by molar-refractivity contribution is -0.138. The molecule has 206 valence electrons. The number of allylic oxidation sites excluding steroid dienone is 2. The Morgan fingerprint density at radius 1 is 0.821 bits per heavy atom. The zero-order valence-electron chi connectivity index (χ0n) is 19.9. The molecule has 0 unspecified atom stereocenters. The van der Waals surface area contributed by atoms with Crippen LogP contribution in [0.2, 0.25) is 0 Å². The molecule has 2 N–H and O–H groups in total. The van der Waals surface area contributed by atoms with Crippen LogP contribution >= 0.6 is 0 Å². The summed E-state index contributed by atoms with van der Waals surface area (Å²) in [6.45, 7) is -0.575. The van der Waals surface area contributed by atoms with Crippen molar-refractivity contribution in [3.8, 4) is 0 Å². The van der Waals surface area contributed by atoms with Crippen molar-refractivity contribution < 1.29 is 44.7 Å². The molecule has 0 aliphatic carbocycles. The summed E-state index contributed by atoms with van der Waals surface area (Å²) in [5.74, 6) is -1.17. The van der Waals surface area contributed by atoms with E-state index in [4.69, 9.17) is 5.11 Å². The van der Waals surface area contributed by atoms with Crippen molar-refractivity contribution in [1.82, 2.24) is 0 Å². The van der Waals surface area contributed by atoms with Gasteiger partial charge in [-0.15, -0.1) is 0 Å². The van der Waals surface area contributed by atoms with E-state index >= 15 is 0 Å². The molecule has 0 saturated carbocycles. The van der Waals surface area contributed by atoms with Crippen molar-refractivity contribution >= 4 is 27.0 Å². The molecule has 12 heteroatoms. The Kier molecular flexibility index (Phi) is 9.03. The smallest absolute Gasteiger partial charge is 0.395 e. The summed E-state index contributed by atoms with van der Waals surface area (Å²) in [4.78, 5) is 12.3. The van der Waals surface area contributed by atoms with Gasteiger partial charge in [-0.05, 0) is 59.2 Å². The Morgan fingerprint density at radius 3 is 1.79 bits per heavy atom. The fourth-order valence-corrected chi connectivity index (χ4v) is 4.53. The number of sulfone groups is 1. The first kappa shape index (κ1) is 29.7. The zero-order chi connectivity index (χ0) is 28.8. The van der Waals surface area contributed by atoms with Gasteiger partial charge in [-0.25, -0.2) is 8.42 Å². The average molecular weight is 570 g/mol. The predicted molar refractivity (Wildman–Crippen MR) is 133 cm³/mol. The lowest BCUT2D eigenvalue weighted by Crippen LogP contribution is -2.12. The monoisotopic (exact) mass is 569 g/mol. The second-order valence-corrected chi connectivity index (χ2v) is 10.3. The standard InChI is InChI=1S/C27H21F6NO4S/c28-26(29,30)20-11-7-18(8-12-20)24(19-9-13-21(14-10-19)27(31,32)33)5-2-6-25(36)34-22-3-1-4-23(17-22)39(37,38)16-15-35/h1-14,17,35H,15-16H2,(H,34,36). The highest BCUT2D eigenvalue weighted by Crippen LogP contribution is 2.33. The Hall–Kier alpha value is -3.90. The highest BCUT2D eigenvalue weighted by Gasteiger charge is 2.31. The van der Waals surface area contributed by atoms with Crippen LogP contribution in [0.3, 0.4) is 0 Å². The van der Waals surface area contributed by atoms with Crippen LogP contribution in [0.25, 0.3) is 5.57 Å². The third kappa shape index (κ3) is 8.04. The van der Waals surface area contributed by atoms with Gasteiger partial charge in [0.2, 0.25) is 5.91 Å². The lowest BCUT2D eigenvalue weighted by atomic mass is 9.95. The molecule has 0 bridgehead atoms. The molecule has 39 heavy (non-hydrogen) atoms. The minimum Gasteiger partial charge on any atom is -0.395 e. The molecule has 3 rings (SSSR count). The molecule has 0 aromatic heterocycles. The summed E-state index contributed by atoms with van der Waals surface area (Å²) < 4.78 is 102. The normalized spacial score (nSPS) is 12.4. The molecule has 3 aromatic carbocycles. The first-order valence-electron chi connectivity index (χ1n) is 11.2. The fraction of sp³-hybridized carbons (Fsp3) is 0.148. The number of carbonyl (C=O) groups excluding carboxylic acids is 1. The van der Waals surface area contributed by atoms with Crippen LogP contribution in [0.4, 0.5) is 32.0 Å². The maximum absolute atomic E-state index is 13.0.